The van der Waals surface area contributed by atoms with Crippen LogP contribution in [0.15, 0.2) is 0 Å². The molecule has 2 rings (SSSR count). The summed E-state index contributed by atoms with van der Waals surface area (Å²) in [6.45, 7) is 9.38. The average Bonchev–Trinajstić information content (AvgIpc) is 2.84. The summed E-state index contributed by atoms with van der Waals surface area (Å²) in [4.78, 5) is 0. The Morgan fingerprint density at radius 2 is 0.886 bits per heavy atom. The molecule has 0 saturated heterocycles. The van der Waals surface area contributed by atoms with Gasteiger partial charge in [0.1, 0.15) is 0 Å². The van der Waals surface area contributed by atoms with Gasteiger partial charge in [-0.1, -0.05) is 52.9 Å². The smallest absolute Gasteiger partial charge is 0.200 e. The molecule has 35 heavy (non-hydrogen) atoms. The molecule has 0 amide bonds. The van der Waals surface area contributed by atoms with Gasteiger partial charge in [-0.05, 0) is 24.7 Å². The molecule has 0 aromatic heterocycles. The molecule has 0 aliphatic heterocycles. The van der Waals surface area contributed by atoms with Crippen molar-refractivity contribution < 1.29 is 43.9 Å². The first-order valence-electron chi connectivity index (χ1n) is 11.0. The fraction of sp³-hybridized carbons (Fsp3) is 0.500. The minimum atomic E-state index is -2.68. The lowest BCUT2D eigenvalue weighted by Gasteiger charge is -2.16. The first kappa shape index (κ1) is 31.2. The van der Waals surface area contributed by atoms with Gasteiger partial charge in [0.2, 0.25) is 11.6 Å². The summed E-state index contributed by atoms with van der Waals surface area (Å²) in [7, 11) is 1.14. The van der Waals surface area contributed by atoms with Crippen molar-refractivity contribution in [2.24, 2.45) is 11.8 Å². The van der Waals surface area contributed by atoms with Gasteiger partial charge in [0.05, 0.1) is 11.1 Å². The minimum absolute atomic E-state index is 0.967. The maximum atomic E-state index is 13.4. The quantitative estimate of drug-likeness (QED) is 0.130. The fourth-order valence-electron chi connectivity index (χ4n) is 3.58. The molecule has 198 valence electrons. The van der Waals surface area contributed by atoms with Gasteiger partial charge in [0, 0.05) is 0 Å². The molecule has 0 saturated carbocycles. The summed E-state index contributed by atoms with van der Waals surface area (Å²) < 4.78 is 131. The number of rotatable bonds is 9. The predicted molar refractivity (Wildman–Crippen MR) is 118 cm³/mol. The van der Waals surface area contributed by atoms with Crippen LogP contribution in [0.5, 0.6) is 0 Å². The van der Waals surface area contributed by atoms with E-state index in [9.17, 15) is 43.9 Å². The Morgan fingerprint density at radius 3 is 1.17 bits per heavy atom. The van der Waals surface area contributed by atoms with Crippen LogP contribution in [0, 0.1) is 70.0 Å². The second-order valence-electron chi connectivity index (χ2n) is 8.19. The molecule has 0 aliphatic carbocycles. The summed E-state index contributed by atoms with van der Waals surface area (Å²) in [6.07, 6.45) is 8.56. The molecule has 0 fully saturated rings. The maximum Gasteiger partial charge on any atom is 0.200 e. The molecule has 0 radical (unpaired) electrons. The molecule has 3 atom stereocenters. The number of hydrogen-bond donors (Lipinski definition) is 0. The molecule has 2 aromatic carbocycles. The zero-order valence-corrected chi connectivity index (χ0v) is 20.7. The molecule has 0 spiro atoms. The van der Waals surface area contributed by atoms with E-state index in [1.807, 2.05) is 0 Å². The van der Waals surface area contributed by atoms with Crippen molar-refractivity contribution in [1.82, 2.24) is 0 Å². The summed E-state index contributed by atoms with van der Waals surface area (Å²) in [6, 6.07) is 0. The summed E-state index contributed by atoms with van der Waals surface area (Å²) in [5.41, 5.74) is -4.52. The molecular weight excluding hydrogens is 509 g/mol. The van der Waals surface area contributed by atoms with Crippen LogP contribution in [-0.4, -0.2) is 12.8 Å². The van der Waals surface area contributed by atoms with Gasteiger partial charge in [-0.3, -0.25) is 0 Å². The van der Waals surface area contributed by atoms with Crippen LogP contribution in [0.4, 0.5) is 43.9 Å². The van der Waals surface area contributed by atoms with Crippen molar-refractivity contribution in [1.29, 1.82) is 0 Å². The van der Waals surface area contributed by atoms with Crippen molar-refractivity contribution in [2.75, 3.05) is 12.8 Å². The number of hydrogen-bond acceptors (Lipinski definition) is 0. The first-order chi connectivity index (χ1) is 16.3. The number of benzene rings is 2. The van der Waals surface area contributed by atoms with Crippen LogP contribution >= 0.6 is 8.58 Å². The Bertz CT molecular complexity index is 883. The van der Waals surface area contributed by atoms with Crippen LogP contribution in [0.3, 0.4) is 0 Å². The third-order valence-corrected chi connectivity index (χ3v) is 6.67. The van der Waals surface area contributed by atoms with Crippen LogP contribution < -0.4 is 0 Å². The highest BCUT2D eigenvalue weighted by molar-refractivity contribution is 7.36. The average molecular weight is 536 g/mol. The Labute approximate surface area is 199 Å². The van der Waals surface area contributed by atoms with Crippen molar-refractivity contribution >= 4 is 8.58 Å². The van der Waals surface area contributed by atoms with E-state index in [0.29, 0.717) is 0 Å². The third kappa shape index (κ3) is 7.34. The zero-order valence-electron chi connectivity index (χ0n) is 19.7. The lowest BCUT2D eigenvalue weighted by Crippen LogP contribution is -2.10. The standard InChI is InChI=1S/C12F10.C12H27P/c13-3-1(4(14)8(18)11(21)7(3)17)2-5(15)9(19)12(22)10(20)6(2)16;1-5-7-12(6-2)9-8-11(3)10-13-4/h;11-13H,5-10H2,1-4H3. The van der Waals surface area contributed by atoms with Crippen LogP contribution in [0.25, 0.3) is 11.1 Å². The summed E-state index contributed by atoms with van der Waals surface area (Å²) in [5, 5.41) is 0. The summed E-state index contributed by atoms with van der Waals surface area (Å²) in [5.74, 6) is -24.7. The largest absolute Gasteiger partial charge is 0.203 e. The number of halogens is 10. The Morgan fingerprint density at radius 1 is 0.543 bits per heavy atom. The van der Waals surface area contributed by atoms with E-state index in [0.717, 1.165) is 20.4 Å². The Hall–Kier alpha value is -1.83. The SMILES string of the molecule is CCCC(CC)CCC(C)CPC.Fc1c(F)c(F)c(-c2c(F)c(F)c(F)c(F)c2F)c(F)c1F. The van der Waals surface area contributed by atoms with Crippen LogP contribution in [0.1, 0.15) is 52.9 Å². The molecule has 3 unspecified atom stereocenters. The first-order valence-corrected chi connectivity index (χ1v) is 12.7. The second kappa shape index (κ2) is 14.0. The van der Waals surface area contributed by atoms with E-state index in [1.165, 1.54) is 38.3 Å². The van der Waals surface area contributed by atoms with E-state index in [-0.39, 0.29) is 0 Å². The summed E-state index contributed by atoms with van der Waals surface area (Å²) >= 11 is 0. The van der Waals surface area contributed by atoms with E-state index < -0.39 is 69.3 Å². The zero-order chi connectivity index (χ0) is 27.0. The van der Waals surface area contributed by atoms with Gasteiger partial charge < -0.3 is 0 Å². The lowest BCUT2D eigenvalue weighted by molar-refractivity contribution is 0.370. The van der Waals surface area contributed by atoms with Crippen LogP contribution in [-0.2, 0) is 0 Å². The van der Waals surface area contributed by atoms with E-state index in [1.54, 1.807) is 0 Å². The van der Waals surface area contributed by atoms with Crippen molar-refractivity contribution in [3.05, 3.63) is 58.2 Å². The predicted octanol–water partition coefficient (Wildman–Crippen LogP) is 9.28. The molecule has 0 bridgehead atoms. The van der Waals surface area contributed by atoms with Crippen molar-refractivity contribution in [2.45, 2.75) is 52.9 Å². The maximum absolute atomic E-state index is 13.4. The highest BCUT2D eigenvalue weighted by Gasteiger charge is 2.34. The Kier molecular flexibility index (Phi) is 12.5. The van der Waals surface area contributed by atoms with Gasteiger partial charge in [0.15, 0.2) is 46.5 Å². The van der Waals surface area contributed by atoms with Gasteiger partial charge in [-0.15, -0.1) is 8.58 Å². The molecule has 0 N–H and O–H groups in total. The molecule has 2 aromatic rings. The highest BCUT2D eigenvalue weighted by atomic mass is 31.1. The van der Waals surface area contributed by atoms with Gasteiger partial charge in [-0.2, -0.15) is 0 Å². The minimum Gasteiger partial charge on any atom is -0.203 e. The van der Waals surface area contributed by atoms with Crippen molar-refractivity contribution in [3.63, 3.8) is 0 Å². The van der Waals surface area contributed by atoms with E-state index in [4.69, 9.17) is 0 Å². The third-order valence-electron chi connectivity index (χ3n) is 5.56. The molecule has 0 nitrogen and oxygen atoms in total. The fourth-order valence-corrected chi connectivity index (χ4v) is 4.48. The van der Waals surface area contributed by atoms with Crippen molar-refractivity contribution in [3.8, 4) is 11.1 Å². The Balaban J connectivity index is 0.000000405. The molecular formula is C24H27F10P. The molecule has 0 aliphatic rings. The highest BCUT2D eigenvalue weighted by Crippen LogP contribution is 2.37. The topological polar surface area (TPSA) is 0 Å². The monoisotopic (exact) mass is 536 g/mol. The van der Waals surface area contributed by atoms with E-state index >= 15 is 0 Å². The van der Waals surface area contributed by atoms with Gasteiger partial charge in [-0.25, -0.2) is 43.9 Å². The molecule has 11 heteroatoms. The normalized spacial score (nSPS) is 13.2. The second-order valence-corrected chi connectivity index (χ2v) is 9.31. The van der Waals surface area contributed by atoms with Gasteiger partial charge in [0.25, 0.3) is 0 Å². The van der Waals surface area contributed by atoms with Crippen LogP contribution in [0.2, 0.25) is 0 Å². The van der Waals surface area contributed by atoms with E-state index in [2.05, 4.69) is 27.4 Å². The molecule has 0 heterocycles. The lowest BCUT2D eigenvalue weighted by atomic mass is 9.92. The van der Waals surface area contributed by atoms with Gasteiger partial charge >= 0.3 is 0 Å².